The lowest BCUT2D eigenvalue weighted by atomic mass is 9.90. The van der Waals surface area contributed by atoms with Gasteiger partial charge in [0.15, 0.2) is 5.16 Å². The third-order valence-corrected chi connectivity index (χ3v) is 5.39. The quantitative estimate of drug-likeness (QED) is 0.779. The largest absolute Gasteiger partial charge is 0.342 e. The molecule has 24 heavy (non-hydrogen) atoms. The molecule has 1 aliphatic rings. The van der Waals surface area contributed by atoms with Gasteiger partial charge in [0.25, 0.3) is 0 Å². The van der Waals surface area contributed by atoms with Crippen LogP contribution in [0.2, 0.25) is 0 Å². The third-order valence-electron chi connectivity index (χ3n) is 4.38. The van der Waals surface area contributed by atoms with E-state index in [0.717, 1.165) is 43.1 Å². The second kappa shape index (κ2) is 7.79. The minimum Gasteiger partial charge on any atom is -0.342 e. The second-order valence-electron chi connectivity index (χ2n) is 6.17. The molecule has 0 unspecified atom stereocenters. The Morgan fingerprint density at radius 3 is 2.83 bits per heavy atom. The molecule has 2 aromatic rings. The molecule has 1 aromatic heterocycles. The van der Waals surface area contributed by atoms with Gasteiger partial charge in [-0.3, -0.25) is 4.79 Å². The summed E-state index contributed by atoms with van der Waals surface area (Å²) in [4.78, 5) is 14.2. The maximum Gasteiger partial charge on any atom is 0.233 e. The van der Waals surface area contributed by atoms with Gasteiger partial charge in [0, 0.05) is 20.1 Å². The monoisotopic (exact) mass is 348 g/mol. The minimum absolute atomic E-state index is 0.146. The van der Waals surface area contributed by atoms with Crippen molar-refractivity contribution >= 4 is 17.7 Å². The van der Waals surface area contributed by atoms with Crippen LogP contribution in [0.15, 0.2) is 35.7 Å². The highest BCUT2D eigenvalue weighted by Gasteiger charge is 2.23. The summed E-state index contributed by atoms with van der Waals surface area (Å²) < 4.78 is 15.1. The molecule has 1 aromatic carbocycles. The van der Waals surface area contributed by atoms with Gasteiger partial charge in [0.2, 0.25) is 5.91 Å². The van der Waals surface area contributed by atoms with E-state index in [1.54, 1.807) is 18.5 Å². The summed E-state index contributed by atoms with van der Waals surface area (Å²) in [5.74, 6) is 0.872. The zero-order valence-corrected chi connectivity index (χ0v) is 14.5. The van der Waals surface area contributed by atoms with Crippen LogP contribution in [-0.2, 0) is 18.3 Å². The van der Waals surface area contributed by atoms with Crippen LogP contribution >= 0.6 is 11.8 Å². The van der Waals surface area contributed by atoms with Crippen molar-refractivity contribution in [3.63, 3.8) is 0 Å². The SMILES string of the molecule is Cn1cnnc1SCC(=O)N1CCC(Cc2cccc(F)c2)CC1. The molecule has 3 rings (SSSR count). The van der Waals surface area contributed by atoms with E-state index in [9.17, 15) is 9.18 Å². The van der Waals surface area contributed by atoms with E-state index < -0.39 is 0 Å². The Kier molecular flexibility index (Phi) is 5.50. The number of thioether (sulfide) groups is 1. The molecule has 1 fully saturated rings. The summed E-state index contributed by atoms with van der Waals surface area (Å²) >= 11 is 1.42. The predicted octanol–water partition coefficient (Wildman–Crippen LogP) is 2.53. The molecule has 0 N–H and O–H groups in total. The smallest absolute Gasteiger partial charge is 0.233 e. The van der Waals surface area contributed by atoms with E-state index >= 15 is 0 Å². The van der Waals surface area contributed by atoms with Crippen LogP contribution in [0, 0.1) is 11.7 Å². The number of carbonyl (C=O) groups is 1. The molecule has 1 amide bonds. The highest BCUT2D eigenvalue weighted by atomic mass is 32.2. The van der Waals surface area contributed by atoms with Gasteiger partial charge in [-0.25, -0.2) is 4.39 Å². The molecule has 0 saturated carbocycles. The van der Waals surface area contributed by atoms with Gasteiger partial charge in [0.1, 0.15) is 12.1 Å². The van der Waals surface area contributed by atoms with Crippen LogP contribution in [0.5, 0.6) is 0 Å². The third kappa shape index (κ3) is 4.35. The first-order chi connectivity index (χ1) is 11.6. The number of carbonyl (C=O) groups excluding carboxylic acids is 1. The number of hydrogen-bond donors (Lipinski definition) is 0. The molecule has 0 bridgehead atoms. The molecular formula is C17H21FN4OS. The number of aryl methyl sites for hydroxylation is 1. The van der Waals surface area contributed by atoms with Crippen LogP contribution in [0.1, 0.15) is 18.4 Å². The van der Waals surface area contributed by atoms with Crippen molar-refractivity contribution < 1.29 is 9.18 Å². The standard InChI is InChI=1S/C17H21FN4OS/c1-21-12-19-20-17(21)24-11-16(23)22-7-5-13(6-8-22)9-14-3-2-4-15(18)10-14/h2-4,10,12-13H,5-9,11H2,1H3. The van der Waals surface area contributed by atoms with Crippen molar-refractivity contribution in [3.05, 3.63) is 42.0 Å². The fourth-order valence-electron chi connectivity index (χ4n) is 3.00. The minimum atomic E-state index is -0.180. The molecule has 5 nitrogen and oxygen atoms in total. The van der Waals surface area contributed by atoms with E-state index in [-0.39, 0.29) is 11.7 Å². The van der Waals surface area contributed by atoms with Crippen molar-refractivity contribution in [3.8, 4) is 0 Å². The lowest BCUT2D eigenvalue weighted by Crippen LogP contribution is -2.39. The molecule has 0 aliphatic carbocycles. The van der Waals surface area contributed by atoms with Crippen LogP contribution in [0.4, 0.5) is 4.39 Å². The normalized spacial score (nSPS) is 15.7. The molecule has 0 radical (unpaired) electrons. The number of rotatable bonds is 5. The average molecular weight is 348 g/mol. The summed E-state index contributed by atoms with van der Waals surface area (Å²) in [5, 5.41) is 8.54. The molecule has 128 valence electrons. The van der Waals surface area contributed by atoms with Gasteiger partial charge in [-0.2, -0.15) is 0 Å². The Morgan fingerprint density at radius 2 is 2.17 bits per heavy atom. The van der Waals surface area contributed by atoms with Crippen molar-refractivity contribution in [2.24, 2.45) is 13.0 Å². The first kappa shape index (κ1) is 17.0. The maximum absolute atomic E-state index is 13.3. The second-order valence-corrected chi connectivity index (χ2v) is 7.11. The van der Waals surface area contributed by atoms with Gasteiger partial charge in [-0.05, 0) is 42.9 Å². The van der Waals surface area contributed by atoms with Gasteiger partial charge < -0.3 is 9.47 Å². The highest BCUT2D eigenvalue weighted by molar-refractivity contribution is 7.99. The van der Waals surface area contributed by atoms with Crippen molar-refractivity contribution in [2.75, 3.05) is 18.8 Å². The molecule has 0 atom stereocenters. The Labute approximate surface area is 145 Å². The zero-order valence-electron chi connectivity index (χ0n) is 13.7. The van der Waals surface area contributed by atoms with Crippen LogP contribution in [0.25, 0.3) is 0 Å². The molecule has 0 spiro atoms. The number of hydrogen-bond acceptors (Lipinski definition) is 4. The molecular weight excluding hydrogens is 327 g/mol. The number of likely N-dealkylation sites (tertiary alicyclic amines) is 1. The number of piperidine rings is 1. The average Bonchev–Trinajstić information content (AvgIpc) is 2.98. The topological polar surface area (TPSA) is 51.0 Å². The van der Waals surface area contributed by atoms with Gasteiger partial charge in [-0.1, -0.05) is 23.9 Å². The Bertz CT molecular complexity index is 697. The zero-order chi connectivity index (χ0) is 16.9. The Balaban J connectivity index is 1.44. The van der Waals surface area contributed by atoms with Crippen molar-refractivity contribution in [2.45, 2.75) is 24.4 Å². The molecule has 1 aliphatic heterocycles. The van der Waals surface area contributed by atoms with E-state index in [4.69, 9.17) is 0 Å². The molecule has 1 saturated heterocycles. The summed E-state index contributed by atoms with van der Waals surface area (Å²) in [7, 11) is 1.87. The number of benzene rings is 1. The first-order valence-electron chi connectivity index (χ1n) is 8.11. The maximum atomic E-state index is 13.3. The van der Waals surface area contributed by atoms with Gasteiger partial charge in [0.05, 0.1) is 5.75 Å². The fourth-order valence-corrected chi connectivity index (χ4v) is 3.80. The predicted molar refractivity (Wildman–Crippen MR) is 91.1 cm³/mol. The van der Waals surface area contributed by atoms with E-state index in [1.807, 2.05) is 22.6 Å². The fraction of sp³-hybridized carbons (Fsp3) is 0.471. The lowest BCUT2D eigenvalue weighted by molar-refractivity contribution is -0.129. The summed E-state index contributed by atoms with van der Waals surface area (Å²) in [6.45, 7) is 1.55. The number of amides is 1. The number of aromatic nitrogens is 3. The van der Waals surface area contributed by atoms with E-state index in [2.05, 4.69) is 10.2 Å². The lowest BCUT2D eigenvalue weighted by Gasteiger charge is -2.32. The Hall–Kier alpha value is -1.89. The van der Waals surface area contributed by atoms with E-state index in [1.165, 1.54) is 17.8 Å². The van der Waals surface area contributed by atoms with Crippen LogP contribution in [0.3, 0.4) is 0 Å². The summed E-state index contributed by atoms with van der Waals surface area (Å²) in [6.07, 6.45) is 4.45. The molecule has 7 heteroatoms. The number of halogens is 1. The van der Waals surface area contributed by atoms with E-state index in [0.29, 0.717) is 11.7 Å². The van der Waals surface area contributed by atoms with Crippen LogP contribution in [-0.4, -0.2) is 44.4 Å². The van der Waals surface area contributed by atoms with Crippen molar-refractivity contribution in [1.29, 1.82) is 0 Å². The first-order valence-corrected chi connectivity index (χ1v) is 9.09. The van der Waals surface area contributed by atoms with Gasteiger partial charge in [-0.15, -0.1) is 10.2 Å². The number of nitrogens with zero attached hydrogens (tertiary/aromatic N) is 4. The highest BCUT2D eigenvalue weighted by Crippen LogP contribution is 2.23. The summed E-state index contributed by atoms with van der Waals surface area (Å²) in [5.41, 5.74) is 1.04. The van der Waals surface area contributed by atoms with Gasteiger partial charge >= 0.3 is 0 Å². The Morgan fingerprint density at radius 1 is 1.38 bits per heavy atom. The summed E-state index contributed by atoms with van der Waals surface area (Å²) in [6, 6.07) is 6.81. The molecule has 2 heterocycles. The van der Waals surface area contributed by atoms with Crippen LogP contribution < -0.4 is 0 Å². The van der Waals surface area contributed by atoms with Crippen molar-refractivity contribution in [1.82, 2.24) is 19.7 Å².